The molecule has 0 saturated carbocycles. The first kappa shape index (κ1) is 9.48. The van der Waals surface area contributed by atoms with Gasteiger partial charge in [-0.3, -0.25) is 4.40 Å². The molecule has 4 rings (SSSR count). The maximum absolute atomic E-state index is 4.21. The van der Waals surface area contributed by atoms with Gasteiger partial charge in [0.25, 0.3) is 0 Å². The van der Waals surface area contributed by atoms with Gasteiger partial charge < -0.3 is 9.80 Å². The van der Waals surface area contributed by atoms with Crippen molar-refractivity contribution in [2.75, 3.05) is 38.1 Å². The highest BCUT2D eigenvalue weighted by molar-refractivity contribution is 5.54. The van der Waals surface area contributed by atoms with E-state index in [1.54, 1.807) is 6.20 Å². The number of fused-ring (bicyclic) bond motifs is 1. The summed E-state index contributed by atoms with van der Waals surface area (Å²) in [6.07, 6.45) is 6.93. The Morgan fingerprint density at radius 3 is 2.82 bits per heavy atom. The second kappa shape index (κ2) is 3.01. The zero-order valence-electron chi connectivity index (χ0n) is 9.93. The maximum atomic E-state index is 4.21. The molecule has 4 heteroatoms. The highest BCUT2D eigenvalue weighted by Crippen LogP contribution is 2.40. The Bertz CT molecular complexity index is 560. The summed E-state index contributed by atoms with van der Waals surface area (Å²) < 4.78 is 1.97. The van der Waals surface area contributed by atoms with Gasteiger partial charge in [0, 0.05) is 37.8 Å². The highest BCUT2D eigenvalue weighted by atomic mass is 15.3. The average molecular weight is 227 g/mol. The van der Waals surface area contributed by atoms with E-state index in [9.17, 15) is 0 Å². The van der Waals surface area contributed by atoms with Crippen molar-refractivity contribution in [2.24, 2.45) is 5.41 Å². The number of nitrogens with zero attached hydrogens (tertiary/aromatic N) is 4. The minimum absolute atomic E-state index is 0.586. The van der Waals surface area contributed by atoms with Crippen LogP contribution in [0.4, 0.5) is 5.69 Å². The number of imidazole rings is 1. The molecule has 2 aromatic heterocycles. The van der Waals surface area contributed by atoms with Crippen molar-refractivity contribution in [1.29, 1.82) is 0 Å². The van der Waals surface area contributed by atoms with E-state index in [2.05, 4.69) is 46.4 Å². The van der Waals surface area contributed by atoms with Gasteiger partial charge in [-0.05, 0) is 19.2 Å². The van der Waals surface area contributed by atoms with Crippen LogP contribution in [0.25, 0.3) is 5.65 Å². The summed E-state index contributed by atoms with van der Waals surface area (Å²) in [5.41, 5.74) is 2.84. The van der Waals surface area contributed by atoms with Crippen molar-refractivity contribution >= 4 is 11.3 Å². The normalized spacial score (nSPS) is 22.8. The third kappa shape index (κ3) is 1.30. The Kier molecular flexibility index (Phi) is 1.68. The molecule has 2 aromatic rings. The van der Waals surface area contributed by atoms with Crippen molar-refractivity contribution in [3.8, 4) is 0 Å². The minimum Gasteiger partial charge on any atom is -0.369 e. The standard InChI is InChI=1S/C13H15N4/c1-15-7-13(8-15)9-17(10-13)11-2-3-12-14-4-5-16(12)6-11/h2-4,6H,7-10H2,1H3. The van der Waals surface area contributed by atoms with Crippen LogP contribution in [0.1, 0.15) is 0 Å². The van der Waals surface area contributed by atoms with Crippen LogP contribution >= 0.6 is 0 Å². The topological polar surface area (TPSA) is 23.8 Å². The summed E-state index contributed by atoms with van der Waals surface area (Å²) in [6.45, 7) is 4.89. The van der Waals surface area contributed by atoms with Crippen molar-refractivity contribution in [3.63, 3.8) is 0 Å². The molecular formula is C13H15N4. The Morgan fingerprint density at radius 2 is 2.06 bits per heavy atom. The lowest BCUT2D eigenvalue weighted by Crippen LogP contribution is -2.71. The molecule has 2 saturated heterocycles. The van der Waals surface area contributed by atoms with Crippen molar-refractivity contribution in [3.05, 3.63) is 30.7 Å². The minimum atomic E-state index is 0.586. The summed E-state index contributed by atoms with van der Waals surface area (Å²) in [5.74, 6) is 0. The van der Waals surface area contributed by atoms with Crippen LogP contribution in [0.15, 0.2) is 24.5 Å². The van der Waals surface area contributed by atoms with Gasteiger partial charge in [-0.25, -0.2) is 4.98 Å². The van der Waals surface area contributed by atoms with E-state index in [0.29, 0.717) is 5.41 Å². The molecule has 4 nitrogen and oxygen atoms in total. The fourth-order valence-electron chi connectivity index (χ4n) is 3.28. The predicted molar refractivity (Wildman–Crippen MR) is 66.2 cm³/mol. The van der Waals surface area contributed by atoms with Gasteiger partial charge in [0.1, 0.15) is 5.65 Å². The molecular weight excluding hydrogens is 212 g/mol. The van der Waals surface area contributed by atoms with Crippen LogP contribution < -0.4 is 4.90 Å². The number of rotatable bonds is 1. The van der Waals surface area contributed by atoms with E-state index in [4.69, 9.17) is 0 Å². The first-order valence-corrected chi connectivity index (χ1v) is 6.03. The van der Waals surface area contributed by atoms with E-state index < -0.39 is 0 Å². The van der Waals surface area contributed by atoms with Gasteiger partial charge >= 0.3 is 0 Å². The molecule has 2 fully saturated rings. The SMILES string of the molecule is CN1CC2(C1)CN(c1ccc3nc[c]n3c1)C2. The van der Waals surface area contributed by atoms with Crippen LogP contribution in [0, 0.1) is 11.6 Å². The third-order valence-corrected chi connectivity index (χ3v) is 3.93. The fourth-order valence-corrected chi connectivity index (χ4v) is 3.28. The lowest BCUT2D eigenvalue weighted by Gasteiger charge is -2.60. The molecule has 1 spiro atoms. The summed E-state index contributed by atoms with van der Waals surface area (Å²) in [7, 11) is 2.19. The highest BCUT2D eigenvalue weighted by Gasteiger charge is 2.50. The number of hydrogen-bond acceptors (Lipinski definition) is 3. The van der Waals surface area contributed by atoms with Gasteiger partial charge in [-0.1, -0.05) is 0 Å². The van der Waals surface area contributed by atoms with Crippen LogP contribution in [0.2, 0.25) is 0 Å². The lowest BCUT2D eigenvalue weighted by atomic mass is 9.73. The molecule has 0 aliphatic carbocycles. The molecule has 0 aromatic carbocycles. The van der Waals surface area contributed by atoms with Gasteiger partial charge in [0.15, 0.2) is 0 Å². The number of hydrogen-bond donors (Lipinski definition) is 0. The van der Waals surface area contributed by atoms with E-state index in [0.717, 1.165) is 5.65 Å². The van der Waals surface area contributed by atoms with E-state index >= 15 is 0 Å². The smallest absolute Gasteiger partial charge is 0.137 e. The monoisotopic (exact) mass is 227 g/mol. The summed E-state index contributed by atoms with van der Waals surface area (Å²) in [6, 6.07) is 4.22. The van der Waals surface area contributed by atoms with E-state index in [1.165, 1.54) is 31.9 Å². The zero-order valence-corrected chi connectivity index (χ0v) is 9.93. The second-order valence-corrected chi connectivity index (χ2v) is 5.53. The Morgan fingerprint density at radius 1 is 1.24 bits per heavy atom. The number of anilines is 1. The number of pyridine rings is 1. The summed E-state index contributed by atoms with van der Waals surface area (Å²) >= 11 is 0. The van der Waals surface area contributed by atoms with Gasteiger partial charge in [-0.2, -0.15) is 0 Å². The quantitative estimate of drug-likeness (QED) is 0.723. The summed E-state index contributed by atoms with van der Waals surface area (Å²) in [5, 5.41) is 0. The predicted octanol–water partition coefficient (Wildman–Crippen LogP) is 0.886. The third-order valence-electron chi connectivity index (χ3n) is 3.93. The molecule has 17 heavy (non-hydrogen) atoms. The molecule has 0 unspecified atom stereocenters. The Balaban J connectivity index is 1.56. The molecule has 2 aliphatic rings. The molecule has 4 heterocycles. The van der Waals surface area contributed by atoms with Crippen molar-refractivity contribution in [1.82, 2.24) is 14.3 Å². The van der Waals surface area contributed by atoms with Crippen molar-refractivity contribution < 1.29 is 0 Å². The van der Waals surface area contributed by atoms with Gasteiger partial charge in [0.05, 0.1) is 18.1 Å². The van der Waals surface area contributed by atoms with E-state index in [1.807, 2.05) is 4.40 Å². The fraction of sp³-hybridized carbons (Fsp3) is 0.462. The lowest BCUT2D eigenvalue weighted by molar-refractivity contribution is -0.00242. The molecule has 0 bridgehead atoms. The average Bonchev–Trinajstić information content (AvgIpc) is 2.67. The van der Waals surface area contributed by atoms with Gasteiger partial charge in [-0.15, -0.1) is 0 Å². The zero-order chi connectivity index (χ0) is 11.5. The Hall–Kier alpha value is -1.55. The first-order chi connectivity index (χ1) is 8.24. The number of likely N-dealkylation sites (tertiary alicyclic amines) is 1. The van der Waals surface area contributed by atoms with Crippen LogP contribution in [-0.2, 0) is 0 Å². The molecule has 87 valence electrons. The largest absolute Gasteiger partial charge is 0.369 e. The first-order valence-electron chi connectivity index (χ1n) is 6.03. The summed E-state index contributed by atoms with van der Waals surface area (Å²) in [4.78, 5) is 9.05. The van der Waals surface area contributed by atoms with Crippen LogP contribution in [0.3, 0.4) is 0 Å². The van der Waals surface area contributed by atoms with E-state index in [-0.39, 0.29) is 0 Å². The van der Waals surface area contributed by atoms with Gasteiger partial charge in [0.2, 0.25) is 0 Å². The van der Waals surface area contributed by atoms with Crippen LogP contribution in [0.5, 0.6) is 0 Å². The second-order valence-electron chi connectivity index (χ2n) is 5.53. The molecule has 2 aliphatic heterocycles. The molecule has 1 radical (unpaired) electrons. The molecule has 0 amide bonds. The number of aromatic nitrogens is 2. The van der Waals surface area contributed by atoms with Crippen LogP contribution in [-0.4, -0.2) is 47.5 Å². The molecule has 0 atom stereocenters. The molecule has 0 N–H and O–H groups in total. The maximum Gasteiger partial charge on any atom is 0.137 e. The Labute approximate surface area is 100 Å². The van der Waals surface area contributed by atoms with Crippen molar-refractivity contribution in [2.45, 2.75) is 0 Å².